The molecule has 10 heavy (non-hydrogen) atoms. The maximum atomic E-state index is 9.08. The van der Waals surface area contributed by atoms with E-state index in [1.807, 2.05) is 5.48 Å². The van der Waals surface area contributed by atoms with Crippen molar-refractivity contribution in [3.63, 3.8) is 0 Å². The third kappa shape index (κ3) is 1.19. The van der Waals surface area contributed by atoms with Crippen LogP contribution in [0.5, 0.6) is 5.75 Å². The van der Waals surface area contributed by atoms with Crippen molar-refractivity contribution in [2.24, 2.45) is 0 Å². The van der Waals surface area contributed by atoms with Gasteiger partial charge in [-0.1, -0.05) is 6.07 Å². The number of nitrogens with one attached hydrogen (secondary N) is 1. The summed E-state index contributed by atoms with van der Waals surface area (Å²) in [6, 6.07) is 4.85. The van der Waals surface area contributed by atoms with Crippen molar-refractivity contribution in [3.8, 4) is 5.75 Å². The summed E-state index contributed by atoms with van der Waals surface area (Å²) < 4.78 is 0. The van der Waals surface area contributed by atoms with Gasteiger partial charge in [-0.25, -0.2) is 0 Å². The fourth-order valence-electron chi connectivity index (χ4n) is 0.679. The van der Waals surface area contributed by atoms with Crippen LogP contribution in [-0.2, 0) is 0 Å². The van der Waals surface area contributed by atoms with Gasteiger partial charge in [0.1, 0.15) is 5.75 Å². The fourth-order valence-corrected chi connectivity index (χ4v) is 0.679. The number of hydrogen-bond acceptors (Lipinski definition) is 3. The van der Waals surface area contributed by atoms with E-state index in [0.29, 0.717) is 5.69 Å². The van der Waals surface area contributed by atoms with Crippen molar-refractivity contribution in [2.45, 2.75) is 6.92 Å². The van der Waals surface area contributed by atoms with Gasteiger partial charge in [-0.3, -0.25) is 10.7 Å². The first-order chi connectivity index (χ1) is 4.74. The van der Waals surface area contributed by atoms with Crippen molar-refractivity contribution in [1.82, 2.24) is 0 Å². The van der Waals surface area contributed by atoms with Crippen LogP contribution in [0.15, 0.2) is 18.2 Å². The Labute approximate surface area is 58.9 Å². The molecule has 0 fully saturated rings. The molecule has 0 atom stereocenters. The summed E-state index contributed by atoms with van der Waals surface area (Å²) in [5.41, 5.74) is 3.21. The van der Waals surface area contributed by atoms with E-state index in [1.54, 1.807) is 19.1 Å². The first-order valence-electron chi connectivity index (χ1n) is 2.94. The second-order valence-electron chi connectivity index (χ2n) is 2.11. The topological polar surface area (TPSA) is 52.5 Å². The molecule has 0 heterocycles. The lowest BCUT2D eigenvalue weighted by molar-refractivity contribution is 0.388. The largest absolute Gasteiger partial charge is 0.508 e. The van der Waals surface area contributed by atoms with Crippen LogP contribution in [0.2, 0.25) is 0 Å². The minimum Gasteiger partial charge on any atom is -0.508 e. The van der Waals surface area contributed by atoms with Crippen molar-refractivity contribution in [2.75, 3.05) is 5.48 Å². The second-order valence-corrected chi connectivity index (χ2v) is 2.11. The highest BCUT2D eigenvalue weighted by Crippen LogP contribution is 2.19. The molecule has 1 aromatic carbocycles. The lowest BCUT2D eigenvalue weighted by atomic mass is 10.2. The maximum absolute atomic E-state index is 9.08. The van der Waals surface area contributed by atoms with Gasteiger partial charge in [0.05, 0.1) is 5.69 Å². The second kappa shape index (κ2) is 2.58. The van der Waals surface area contributed by atoms with Gasteiger partial charge in [-0.2, -0.15) is 0 Å². The van der Waals surface area contributed by atoms with Crippen LogP contribution in [0.3, 0.4) is 0 Å². The van der Waals surface area contributed by atoms with Gasteiger partial charge < -0.3 is 5.11 Å². The Hall–Kier alpha value is -1.22. The van der Waals surface area contributed by atoms with Gasteiger partial charge in [-0.15, -0.1) is 0 Å². The molecule has 3 nitrogen and oxygen atoms in total. The smallest absolute Gasteiger partial charge is 0.120 e. The highest BCUT2D eigenvalue weighted by atomic mass is 16.5. The zero-order valence-electron chi connectivity index (χ0n) is 5.63. The maximum Gasteiger partial charge on any atom is 0.120 e. The Morgan fingerprint density at radius 2 is 2.10 bits per heavy atom. The first-order valence-corrected chi connectivity index (χ1v) is 2.94. The van der Waals surface area contributed by atoms with Crippen molar-refractivity contribution < 1.29 is 10.3 Å². The third-order valence-corrected chi connectivity index (χ3v) is 1.34. The van der Waals surface area contributed by atoms with Crippen LogP contribution in [0, 0.1) is 6.92 Å². The van der Waals surface area contributed by atoms with Crippen molar-refractivity contribution in [3.05, 3.63) is 23.8 Å². The van der Waals surface area contributed by atoms with Gasteiger partial charge in [0.2, 0.25) is 0 Å². The summed E-state index contributed by atoms with van der Waals surface area (Å²) in [5, 5.41) is 17.5. The highest BCUT2D eigenvalue weighted by molar-refractivity contribution is 5.49. The van der Waals surface area contributed by atoms with E-state index in [2.05, 4.69) is 0 Å². The van der Waals surface area contributed by atoms with E-state index < -0.39 is 0 Å². The molecule has 0 saturated carbocycles. The van der Waals surface area contributed by atoms with E-state index in [0.717, 1.165) is 5.56 Å². The van der Waals surface area contributed by atoms with Gasteiger partial charge in [0.15, 0.2) is 0 Å². The van der Waals surface area contributed by atoms with Crippen LogP contribution in [0.1, 0.15) is 5.56 Å². The van der Waals surface area contributed by atoms with Gasteiger partial charge in [-0.05, 0) is 18.6 Å². The molecule has 0 saturated heterocycles. The molecular weight excluding hydrogens is 130 g/mol. The summed E-state index contributed by atoms with van der Waals surface area (Å²) in [4.78, 5) is 0. The Balaban J connectivity index is 3.04. The molecule has 0 aliphatic carbocycles. The van der Waals surface area contributed by atoms with Crippen LogP contribution >= 0.6 is 0 Å². The quantitative estimate of drug-likeness (QED) is 0.517. The summed E-state index contributed by atoms with van der Waals surface area (Å²) in [6.07, 6.45) is 0. The zero-order valence-corrected chi connectivity index (χ0v) is 5.63. The first kappa shape index (κ1) is 6.89. The normalized spacial score (nSPS) is 9.40. The molecule has 0 aliphatic heterocycles. The molecule has 0 bridgehead atoms. The molecule has 0 radical (unpaired) electrons. The number of hydrogen-bond donors (Lipinski definition) is 3. The van der Waals surface area contributed by atoms with Crippen molar-refractivity contribution >= 4 is 5.69 Å². The Morgan fingerprint density at radius 1 is 1.40 bits per heavy atom. The van der Waals surface area contributed by atoms with E-state index >= 15 is 0 Å². The molecule has 0 aliphatic rings. The van der Waals surface area contributed by atoms with Gasteiger partial charge in [0.25, 0.3) is 0 Å². The molecule has 54 valence electrons. The average Bonchev–Trinajstić information content (AvgIpc) is 1.95. The van der Waals surface area contributed by atoms with Gasteiger partial charge >= 0.3 is 0 Å². The van der Waals surface area contributed by atoms with E-state index in [9.17, 15) is 0 Å². The molecule has 3 heteroatoms. The van der Waals surface area contributed by atoms with Crippen LogP contribution in [0.4, 0.5) is 5.69 Å². The lowest BCUT2D eigenvalue weighted by Gasteiger charge is -2.00. The van der Waals surface area contributed by atoms with E-state index in [1.165, 1.54) is 6.07 Å². The standard InChI is InChI=1S/C7H9NO2/c1-5-2-3-6(8-10)4-7(5)9/h2-4,8-10H,1H3. The monoisotopic (exact) mass is 139 g/mol. The Bertz CT molecular complexity index is 235. The molecule has 1 aromatic rings. The zero-order chi connectivity index (χ0) is 7.56. The minimum absolute atomic E-state index is 0.180. The predicted molar refractivity (Wildman–Crippen MR) is 38.3 cm³/mol. The summed E-state index contributed by atoms with van der Waals surface area (Å²) in [5.74, 6) is 0.180. The Morgan fingerprint density at radius 3 is 2.60 bits per heavy atom. The SMILES string of the molecule is Cc1ccc(NO)cc1O. The van der Waals surface area contributed by atoms with Crippen LogP contribution in [0.25, 0.3) is 0 Å². The number of aromatic hydroxyl groups is 1. The fraction of sp³-hybridized carbons (Fsp3) is 0.143. The van der Waals surface area contributed by atoms with Crippen molar-refractivity contribution in [1.29, 1.82) is 0 Å². The minimum atomic E-state index is 0.180. The number of benzene rings is 1. The molecule has 1 rings (SSSR count). The molecule has 0 unspecified atom stereocenters. The lowest BCUT2D eigenvalue weighted by Crippen LogP contribution is -1.88. The number of anilines is 1. The Kier molecular flexibility index (Phi) is 1.78. The third-order valence-electron chi connectivity index (χ3n) is 1.34. The summed E-state index contributed by atoms with van der Waals surface area (Å²) >= 11 is 0. The summed E-state index contributed by atoms with van der Waals surface area (Å²) in [7, 11) is 0. The number of phenolic OH excluding ortho intramolecular Hbond substituents is 1. The van der Waals surface area contributed by atoms with Crippen LogP contribution in [-0.4, -0.2) is 10.3 Å². The predicted octanol–water partition coefficient (Wildman–Crippen LogP) is 1.50. The number of phenols is 1. The highest BCUT2D eigenvalue weighted by Gasteiger charge is 1.95. The number of rotatable bonds is 1. The van der Waals surface area contributed by atoms with E-state index in [4.69, 9.17) is 10.3 Å². The molecule has 0 amide bonds. The summed E-state index contributed by atoms with van der Waals surface area (Å²) in [6.45, 7) is 1.79. The molecule has 0 aromatic heterocycles. The van der Waals surface area contributed by atoms with Gasteiger partial charge in [0, 0.05) is 6.07 Å². The molecule has 0 spiro atoms. The number of aryl methyl sites for hydroxylation is 1. The van der Waals surface area contributed by atoms with E-state index in [-0.39, 0.29) is 5.75 Å². The molecular formula is C7H9NO2. The molecule has 3 N–H and O–H groups in total. The van der Waals surface area contributed by atoms with Crippen LogP contribution < -0.4 is 5.48 Å². The average molecular weight is 139 g/mol.